The molecule has 20 heavy (non-hydrogen) atoms. The third kappa shape index (κ3) is 3.92. The van der Waals surface area contributed by atoms with E-state index in [9.17, 15) is 16.8 Å². The first-order valence-electron chi connectivity index (χ1n) is 5.95. The zero-order valence-corrected chi connectivity index (χ0v) is 12.8. The summed E-state index contributed by atoms with van der Waals surface area (Å²) in [6.07, 6.45) is 1.58. The van der Waals surface area contributed by atoms with Gasteiger partial charge in [0.2, 0.25) is 10.0 Å². The SMILES string of the molecule is O=S(=O)(Cl)c1cccc(S(=O)(=O)NCC2CCCO2)c1. The summed E-state index contributed by atoms with van der Waals surface area (Å²) in [6, 6.07) is 4.90. The lowest BCUT2D eigenvalue weighted by atomic mass is 10.2. The number of halogens is 1. The van der Waals surface area contributed by atoms with E-state index in [4.69, 9.17) is 15.4 Å². The number of hydrogen-bond donors (Lipinski definition) is 1. The van der Waals surface area contributed by atoms with Crippen molar-refractivity contribution < 1.29 is 21.6 Å². The third-order valence-corrected chi connectivity index (χ3v) is 5.70. The maximum Gasteiger partial charge on any atom is 0.261 e. The molecule has 1 saturated heterocycles. The molecule has 0 bridgehead atoms. The molecule has 0 saturated carbocycles. The Morgan fingerprint density at radius 1 is 1.25 bits per heavy atom. The molecule has 1 unspecified atom stereocenters. The smallest absolute Gasteiger partial charge is 0.261 e. The Balaban J connectivity index is 2.16. The van der Waals surface area contributed by atoms with E-state index in [0.29, 0.717) is 6.61 Å². The van der Waals surface area contributed by atoms with Crippen LogP contribution in [0.3, 0.4) is 0 Å². The molecule has 0 amide bonds. The van der Waals surface area contributed by atoms with Crippen LogP contribution in [-0.2, 0) is 23.8 Å². The van der Waals surface area contributed by atoms with Gasteiger partial charge < -0.3 is 4.74 Å². The predicted molar refractivity (Wildman–Crippen MR) is 73.6 cm³/mol. The fourth-order valence-electron chi connectivity index (χ4n) is 1.88. The van der Waals surface area contributed by atoms with Crippen molar-refractivity contribution in [2.45, 2.75) is 28.7 Å². The number of ether oxygens (including phenoxy) is 1. The van der Waals surface area contributed by atoms with Gasteiger partial charge in [-0.15, -0.1) is 0 Å². The quantitative estimate of drug-likeness (QED) is 0.810. The second kappa shape index (κ2) is 5.98. The zero-order valence-electron chi connectivity index (χ0n) is 10.5. The molecule has 0 radical (unpaired) electrons. The Bertz CT molecular complexity index is 681. The molecule has 0 aromatic heterocycles. The zero-order chi connectivity index (χ0) is 14.8. The van der Waals surface area contributed by atoms with Crippen LogP contribution in [-0.4, -0.2) is 36.1 Å². The van der Waals surface area contributed by atoms with Crippen LogP contribution in [0.2, 0.25) is 0 Å². The van der Waals surface area contributed by atoms with Crippen LogP contribution >= 0.6 is 10.7 Å². The van der Waals surface area contributed by atoms with Crippen LogP contribution in [0.1, 0.15) is 12.8 Å². The molecule has 0 spiro atoms. The first-order valence-corrected chi connectivity index (χ1v) is 9.74. The van der Waals surface area contributed by atoms with Gasteiger partial charge in [-0.3, -0.25) is 0 Å². The maximum absolute atomic E-state index is 12.1. The van der Waals surface area contributed by atoms with Gasteiger partial charge in [0.05, 0.1) is 15.9 Å². The maximum atomic E-state index is 12.1. The minimum atomic E-state index is -3.96. The van der Waals surface area contributed by atoms with Crippen LogP contribution in [0.4, 0.5) is 0 Å². The van der Waals surface area contributed by atoms with Gasteiger partial charge in [-0.25, -0.2) is 21.6 Å². The highest BCUT2D eigenvalue weighted by Gasteiger charge is 2.21. The fourth-order valence-corrected chi connectivity index (χ4v) is 3.87. The van der Waals surface area contributed by atoms with Crippen LogP contribution in [0.15, 0.2) is 34.1 Å². The van der Waals surface area contributed by atoms with Crippen LogP contribution < -0.4 is 4.72 Å². The van der Waals surface area contributed by atoms with Gasteiger partial charge in [-0.2, -0.15) is 0 Å². The Kier molecular flexibility index (Phi) is 4.70. The Labute approximate surface area is 122 Å². The topological polar surface area (TPSA) is 89.5 Å². The van der Waals surface area contributed by atoms with E-state index in [-0.39, 0.29) is 22.4 Å². The number of rotatable bonds is 5. The summed E-state index contributed by atoms with van der Waals surface area (Å²) in [4.78, 5) is -0.392. The molecule has 1 fully saturated rings. The van der Waals surface area contributed by atoms with E-state index in [1.165, 1.54) is 18.2 Å². The lowest BCUT2D eigenvalue weighted by Crippen LogP contribution is -2.31. The Morgan fingerprint density at radius 2 is 1.95 bits per heavy atom. The molecule has 1 aromatic rings. The van der Waals surface area contributed by atoms with Crippen molar-refractivity contribution in [3.8, 4) is 0 Å². The molecule has 0 aliphatic carbocycles. The van der Waals surface area contributed by atoms with E-state index in [0.717, 1.165) is 18.9 Å². The molecule has 1 aromatic carbocycles. The fraction of sp³-hybridized carbons (Fsp3) is 0.455. The number of nitrogens with one attached hydrogen (secondary N) is 1. The molecule has 9 heteroatoms. The summed E-state index contributed by atoms with van der Waals surface area (Å²) < 4.78 is 54.3. The lowest BCUT2D eigenvalue weighted by Gasteiger charge is -2.11. The second-order valence-corrected chi connectivity index (χ2v) is 8.73. The second-order valence-electron chi connectivity index (χ2n) is 4.40. The molecule has 1 heterocycles. The summed E-state index contributed by atoms with van der Waals surface area (Å²) in [5.74, 6) is 0. The highest BCUT2D eigenvalue weighted by molar-refractivity contribution is 8.13. The number of benzene rings is 1. The molecule has 1 N–H and O–H groups in total. The Hall–Kier alpha value is -0.670. The number of sulfonamides is 1. The van der Waals surface area contributed by atoms with Gasteiger partial charge >= 0.3 is 0 Å². The minimum absolute atomic E-state index is 0.135. The van der Waals surface area contributed by atoms with E-state index >= 15 is 0 Å². The van der Waals surface area contributed by atoms with Gasteiger partial charge in [0, 0.05) is 23.8 Å². The molecular weight excluding hydrogens is 326 g/mol. The first kappa shape index (κ1) is 15.7. The minimum Gasteiger partial charge on any atom is -0.377 e. The van der Waals surface area contributed by atoms with E-state index in [1.807, 2.05) is 0 Å². The molecule has 6 nitrogen and oxygen atoms in total. The average molecular weight is 340 g/mol. The standard InChI is InChI=1S/C11H14ClNO5S2/c12-19(14,15)10-4-1-5-11(7-10)20(16,17)13-8-9-3-2-6-18-9/h1,4-5,7,9,13H,2-3,6,8H2. The molecule has 1 aliphatic heterocycles. The van der Waals surface area contributed by atoms with E-state index in [2.05, 4.69) is 4.72 Å². The molecule has 2 rings (SSSR count). The average Bonchev–Trinajstić information content (AvgIpc) is 2.89. The summed E-state index contributed by atoms with van der Waals surface area (Å²) in [6.45, 7) is 0.798. The van der Waals surface area contributed by atoms with Crippen molar-refractivity contribution in [1.29, 1.82) is 0 Å². The monoisotopic (exact) mass is 339 g/mol. The van der Waals surface area contributed by atoms with Gasteiger partial charge in [-0.05, 0) is 31.0 Å². The first-order chi connectivity index (χ1) is 9.29. The normalized spacial score (nSPS) is 20.1. The molecular formula is C11H14ClNO5S2. The van der Waals surface area contributed by atoms with E-state index < -0.39 is 19.1 Å². The number of hydrogen-bond acceptors (Lipinski definition) is 5. The van der Waals surface area contributed by atoms with Gasteiger partial charge in [-0.1, -0.05) is 6.07 Å². The highest BCUT2D eigenvalue weighted by Crippen LogP contribution is 2.19. The predicted octanol–water partition coefficient (Wildman–Crippen LogP) is 1.07. The summed E-state index contributed by atoms with van der Waals surface area (Å²) in [5, 5.41) is 0. The van der Waals surface area contributed by atoms with Crippen LogP contribution in [0, 0.1) is 0 Å². The highest BCUT2D eigenvalue weighted by atomic mass is 35.7. The van der Waals surface area contributed by atoms with Crippen molar-refractivity contribution in [2.75, 3.05) is 13.2 Å². The Morgan fingerprint density at radius 3 is 2.55 bits per heavy atom. The van der Waals surface area contributed by atoms with Crippen LogP contribution in [0.25, 0.3) is 0 Å². The van der Waals surface area contributed by atoms with Crippen molar-refractivity contribution in [2.24, 2.45) is 0 Å². The van der Waals surface area contributed by atoms with Gasteiger partial charge in [0.1, 0.15) is 0 Å². The summed E-state index contributed by atoms with van der Waals surface area (Å²) in [5.41, 5.74) is 0. The van der Waals surface area contributed by atoms with E-state index in [1.54, 1.807) is 0 Å². The summed E-state index contributed by atoms with van der Waals surface area (Å²) in [7, 11) is -2.55. The van der Waals surface area contributed by atoms with Crippen LogP contribution in [0.5, 0.6) is 0 Å². The van der Waals surface area contributed by atoms with Gasteiger partial charge in [0.25, 0.3) is 9.05 Å². The van der Waals surface area contributed by atoms with Crippen molar-refractivity contribution in [3.63, 3.8) is 0 Å². The molecule has 1 atom stereocenters. The van der Waals surface area contributed by atoms with Crippen molar-refractivity contribution >= 4 is 29.8 Å². The lowest BCUT2D eigenvalue weighted by molar-refractivity contribution is 0.114. The van der Waals surface area contributed by atoms with Gasteiger partial charge in [0.15, 0.2) is 0 Å². The third-order valence-electron chi connectivity index (χ3n) is 2.92. The van der Waals surface area contributed by atoms with Crippen molar-refractivity contribution in [1.82, 2.24) is 4.72 Å². The summed E-state index contributed by atoms with van der Waals surface area (Å²) >= 11 is 0. The molecule has 1 aliphatic rings. The van der Waals surface area contributed by atoms with Crippen molar-refractivity contribution in [3.05, 3.63) is 24.3 Å². The molecule has 112 valence electrons. The largest absolute Gasteiger partial charge is 0.377 e.